The van der Waals surface area contributed by atoms with Crippen LogP contribution >= 0.6 is 24.8 Å². The van der Waals surface area contributed by atoms with Crippen molar-refractivity contribution in [3.8, 4) is 0 Å². The van der Waals surface area contributed by atoms with Crippen LogP contribution in [0.5, 0.6) is 0 Å². The number of nitrogens with one attached hydrogen (secondary N) is 1. The van der Waals surface area contributed by atoms with E-state index in [0.29, 0.717) is 29.2 Å². The Hall–Kier alpha value is -1.50. The lowest BCUT2D eigenvalue weighted by Gasteiger charge is -2.22. The summed E-state index contributed by atoms with van der Waals surface area (Å²) in [6.07, 6.45) is 1.49. The molecule has 1 unspecified atom stereocenters. The largest absolute Gasteiger partial charge is 0.423 e. The Morgan fingerprint density at radius 1 is 1.39 bits per heavy atom. The number of fused-ring (bicyclic) bond motifs is 1. The average molecular weight is 363 g/mol. The maximum absolute atomic E-state index is 12.2. The molecule has 0 spiro atoms. The first-order valence-electron chi connectivity index (χ1n) is 7.01. The van der Waals surface area contributed by atoms with Crippen molar-refractivity contribution in [1.29, 1.82) is 0 Å². The van der Waals surface area contributed by atoms with Crippen LogP contribution in [0.3, 0.4) is 0 Å². The molecule has 0 radical (unpaired) electrons. The van der Waals surface area contributed by atoms with Gasteiger partial charge in [-0.25, -0.2) is 0 Å². The summed E-state index contributed by atoms with van der Waals surface area (Å²) < 4.78 is 5.57. The van der Waals surface area contributed by atoms with Gasteiger partial charge in [0.1, 0.15) is 5.52 Å². The average Bonchev–Trinajstić information content (AvgIpc) is 2.81. The van der Waals surface area contributed by atoms with Crippen molar-refractivity contribution >= 4 is 53.5 Å². The van der Waals surface area contributed by atoms with Crippen molar-refractivity contribution in [2.75, 3.05) is 24.3 Å². The number of amides is 1. The fraction of sp³-hybridized carbons (Fsp3) is 0.467. The molecule has 0 aliphatic rings. The van der Waals surface area contributed by atoms with E-state index < -0.39 is 5.54 Å². The predicted molar refractivity (Wildman–Crippen MR) is 99.0 cm³/mol. The second-order valence-electron chi connectivity index (χ2n) is 5.69. The Morgan fingerprint density at radius 3 is 2.61 bits per heavy atom. The minimum absolute atomic E-state index is 0. The molecule has 8 heteroatoms. The molecule has 6 nitrogen and oxygen atoms in total. The number of rotatable bonds is 5. The van der Waals surface area contributed by atoms with E-state index in [-0.39, 0.29) is 30.7 Å². The highest BCUT2D eigenvalue weighted by atomic mass is 35.5. The topological polar surface area (TPSA) is 84.4 Å². The summed E-state index contributed by atoms with van der Waals surface area (Å²) in [6.45, 7) is 3.74. The van der Waals surface area contributed by atoms with E-state index in [1.807, 2.05) is 21.0 Å². The Labute approximate surface area is 148 Å². The van der Waals surface area contributed by atoms with Crippen LogP contribution in [0, 0.1) is 0 Å². The minimum atomic E-state index is -0.873. The van der Waals surface area contributed by atoms with Crippen LogP contribution in [0.15, 0.2) is 22.6 Å². The molecule has 1 aromatic heterocycles. The highest BCUT2D eigenvalue weighted by Crippen LogP contribution is 2.24. The van der Waals surface area contributed by atoms with Crippen molar-refractivity contribution in [2.24, 2.45) is 5.73 Å². The summed E-state index contributed by atoms with van der Waals surface area (Å²) in [7, 11) is 3.72. The van der Waals surface area contributed by atoms with Gasteiger partial charge in [0.2, 0.25) is 5.91 Å². The van der Waals surface area contributed by atoms with Crippen LogP contribution in [0.25, 0.3) is 11.1 Å². The number of benzene rings is 1. The Kier molecular flexibility index (Phi) is 7.83. The SMILES string of the molecule is CCCC(C)(N)C(=O)Nc1ccc2oc(N(C)C)nc2c1.Cl.Cl. The summed E-state index contributed by atoms with van der Waals surface area (Å²) in [6, 6.07) is 5.89. The van der Waals surface area contributed by atoms with Crippen LogP contribution in [0.4, 0.5) is 11.7 Å². The Bertz CT molecular complexity index is 656. The van der Waals surface area contributed by atoms with Crippen LogP contribution in [-0.4, -0.2) is 30.5 Å². The number of anilines is 2. The van der Waals surface area contributed by atoms with Crippen molar-refractivity contribution in [3.63, 3.8) is 0 Å². The number of aromatic nitrogens is 1. The molecular formula is C15H24Cl2N4O2. The number of hydrogen-bond donors (Lipinski definition) is 2. The van der Waals surface area contributed by atoms with Crippen molar-refractivity contribution in [2.45, 2.75) is 32.2 Å². The number of carbonyl (C=O) groups excluding carboxylic acids is 1. The van der Waals surface area contributed by atoms with Gasteiger partial charge in [-0.1, -0.05) is 13.3 Å². The van der Waals surface area contributed by atoms with Gasteiger partial charge in [0.15, 0.2) is 5.58 Å². The first-order chi connectivity index (χ1) is 9.83. The fourth-order valence-electron chi connectivity index (χ4n) is 2.09. The third-order valence-electron chi connectivity index (χ3n) is 3.30. The van der Waals surface area contributed by atoms with Crippen LogP contribution in [0.2, 0.25) is 0 Å². The lowest BCUT2D eigenvalue weighted by Crippen LogP contribution is -2.48. The van der Waals surface area contributed by atoms with Gasteiger partial charge >= 0.3 is 0 Å². The zero-order valence-corrected chi connectivity index (χ0v) is 15.4. The smallest absolute Gasteiger partial charge is 0.297 e. The molecule has 1 amide bonds. The van der Waals surface area contributed by atoms with E-state index >= 15 is 0 Å². The van der Waals surface area contributed by atoms with Gasteiger partial charge < -0.3 is 20.4 Å². The number of oxazole rings is 1. The fourth-order valence-corrected chi connectivity index (χ4v) is 2.09. The highest BCUT2D eigenvalue weighted by Gasteiger charge is 2.27. The van der Waals surface area contributed by atoms with Gasteiger partial charge in [0.25, 0.3) is 6.01 Å². The van der Waals surface area contributed by atoms with Crippen LogP contribution in [-0.2, 0) is 4.79 Å². The second-order valence-corrected chi connectivity index (χ2v) is 5.69. The molecule has 1 heterocycles. The third kappa shape index (κ3) is 4.99. The molecule has 0 saturated heterocycles. The number of carbonyl (C=O) groups is 1. The predicted octanol–water partition coefficient (Wildman–Crippen LogP) is 3.19. The first-order valence-corrected chi connectivity index (χ1v) is 7.01. The minimum Gasteiger partial charge on any atom is -0.423 e. The van der Waals surface area contributed by atoms with Crippen molar-refractivity contribution < 1.29 is 9.21 Å². The molecule has 2 aromatic rings. The van der Waals surface area contributed by atoms with Gasteiger partial charge in [-0.3, -0.25) is 4.79 Å². The van der Waals surface area contributed by atoms with E-state index in [1.165, 1.54) is 0 Å². The monoisotopic (exact) mass is 362 g/mol. The van der Waals surface area contributed by atoms with Gasteiger partial charge in [-0.2, -0.15) is 4.98 Å². The molecule has 3 N–H and O–H groups in total. The molecule has 1 atom stereocenters. The molecule has 0 saturated carbocycles. The van der Waals surface area contributed by atoms with E-state index in [1.54, 1.807) is 30.0 Å². The number of nitrogens with two attached hydrogens (primary N) is 1. The lowest BCUT2D eigenvalue weighted by molar-refractivity contribution is -0.120. The lowest BCUT2D eigenvalue weighted by atomic mass is 9.96. The van der Waals surface area contributed by atoms with Gasteiger partial charge in [-0.05, 0) is 31.5 Å². The quantitative estimate of drug-likeness (QED) is 0.852. The second kappa shape index (κ2) is 8.38. The zero-order valence-electron chi connectivity index (χ0n) is 13.8. The van der Waals surface area contributed by atoms with E-state index in [4.69, 9.17) is 10.2 Å². The van der Waals surface area contributed by atoms with Crippen molar-refractivity contribution in [3.05, 3.63) is 18.2 Å². The molecule has 0 aliphatic carbocycles. The molecule has 1 aromatic carbocycles. The number of nitrogens with zero attached hydrogens (tertiary/aromatic N) is 2. The Morgan fingerprint density at radius 2 is 2.04 bits per heavy atom. The Balaban J connectivity index is 0.00000242. The van der Waals surface area contributed by atoms with Crippen LogP contribution in [0.1, 0.15) is 26.7 Å². The molecule has 0 bridgehead atoms. The van der Waals surface area contributed by atoms with Crippen molar-refractivity contribution in [1.82, 2.24) is 4.98 Å². The molecule has 0 aliphatic heterocycles. The summed E-state index contributed by atoms with van der Waals surface area (Å²) in [5, 5.41) is 2.84. The van der Waals surface area contributed by atoms with Gasteiger partial charge in [0, 0.05) is 19.8 Å². The molecular weight excluding hydrogens is 339 g/mol. The zero-order chi connectivity index (χ0) is 15.6. The van der Waals surface area contributed by atoms with E-state index in [9.17, 15) is 4.79 Å². The first kappa shape index (κ1) is 21.5. The number of hydrogen-bond acceptors (Lipinski definition) is 5. The number of halogens is 2. The summed E-state index contributed by atoms with van der Waals surface area (Å²) in [5.41, 5.74) is 7.20. The van der Waals surface area contributed by atoms with Crippen LogP contribution < -0.4 is 16.0 Å². The van der Waals surface area contributed by atoms with E-state index in [0.717, 1.165) is 6.42 Å². The summed E-state index contributed by atoms with van der Waals surface area (Å²) >= 11 is 0. The molecule has 23 heavy (non-hydrogen) atoms. The summed E-state index contributed by atoms with van der Waals surface area (Å²) in [5.74, 6) is -0.194. The third-order valence-corrected chi connectivity index (χ3v) is 3.30. The maximum Gasteiger partial charge on any atom is 0.297 e. The van der Waals surface area contributed by atoms with E-state index in [2.05, 4.69) is 10.3 Å². The standard InChI is InChI=1S/C15H22N4O2.2ClH/c1-5-8-15(2,16)13(20)17-10-6-7-12-11(9-10)18-14(21-12)19(3)4;;/h6-7,9H,5,8,16H2,1-4H3,(H,17,20);2*1H. The van der Waals surface area contributed by atoms with Gasteiger partial charge in [0.05, 0.1) is 5.54 Å². The highest BCUT2D eigenvalue weighted by molar-refractivity contribution is 5.98. The van der Waals surface area contributed by atoms with Gasteiger partial charge in [-0.15, -0.1) is 24.8 Å². The molecule has 130 valence electrons. The normalized spacial score (nSPS) is 12.7. The maximum atomic E-state index is 12.2. The summed E-state index contributed by atoms with van der Waals surface area (Å²) in [4.78, 5) is 18.3. The molecule has 0 fully saturated rings. The molecule has 2 rings (SSSR count).